The van der Waals surface area contributed by atoms with Crippen molar-refractivity contribution in [1.82, 2.24) is 14.8 Å². The molecule has 0 aliphatic heterocycles. The Labute approximate surface area is 90.3 Å². The van der Waals surface area contributed by atoms with E-state index in [-0.39, 0.29) is 0 Å². The Morgan fingerprint density at radius 3 is 2.73 bits per heavy atom. The summed E-state index contributed by atoms with van der Waals surface area (Å²) in [6, 6.07) is 0.313. The molecule has 1 aromatic heterocycles. The number of aromatic nitrogens is 3. The van der Waals surface area contributed by atoms with Crippen LogP contribution in [-0.4, -0.2) is 25.5 Å². The molecule has 4 heteroatoms. The Hall–Kier alpha value is -0.900. The van der Waals surface area contributed by atoms with E-state index in [0.29, 0.717) is 12.5 Å². The Kier molecular flexibility index (Phi) is 2.78. The van der Waals surface area contributed by atoms with Crippen molar-refractivity contribution in [2.75, 3.05) is 0 Å². The molecule has 1 heterocycles. The molecule has 1 N–H and O–H groups in total. The lowest BCUT2D eigenvalue weighted by Gasteiger charge is -2.22. The number of aliphatic hydroxyl groups is 1. The molecule has 1 fully saturated rings. The number of hydrogen-bond donors (Lipinski definition) is 1. The van der Waals surface area contributed by atoms with Crippen molar-refractivity contribution in [2.24, 2.45) is 0 Å². The van der Waals surface area contributed by atoms with Gasteiger partial charge in [-0.25, -0.2) is 9.67 Å². The molecule has 4 nitrogen and oxygen atoms in total. The molecule has 1 saturated carbocycles. The van der Waals surface area contributed by atoms with Gasteiger partial charge in [0.15, 0.2) is 0 Å². The molecule has 1 aliphatic carbocycles. The van der Waals surface area contributed by atoms with Crippen molar-refractivity contribution < 1.29 is 5.11 Å². The summed E-state index contributed by atoms with van der Waals surface area (Å²) in [6.07, 6.45) is 6.29. The molecule has 0 saturated heterocycles. The summed E-state index contributed by atoms with van der Waals surface area (Å²) >= 11 is 0. The van der Waals surface area contributed by atoms with Crippen LogP contribution in [0.15, 0.2) is 6.33 Å². The monoisotopic (exact) mass is 209 g/mol. The maximum absolute atomic E-state index is 10.3. The van der Waals surface area contributed by atoms with Crippen LogP contribution in [0, 0.1) is 0 Å². The van der Waals surface area contributed by atoms with Crippen LogP contribution >= 0.6 is 0 Å². The second-order valence-corrected chi connectivity index (χ2v) is 4.82. The summed E-state index contributed by atoms with van der Waals surface area (Å²) in [7, 11) is 0. The van der Waals surface area contributed by atoms with E-state index >= 15 is 0 Å². The zero-order chi connectivity index (χ0) is 10.9. The van der Waals surface area contributed by atoms with Crippen LogP contribution in [0.2, 0.25) is 0 Å². The quantitative estimate of drug-likeness (QED) is 0.824. The fraction of sp³-hybridized carbons (Fsp3) is 0.818. The highest BCUT2D eigenvalue weighted by atomic mass is 16.3. The van der Waals surface area contributed by atoms with Gasteiger partial charge in [0.25, 0.3) is 0 Å². The minimum atomic E-state index is -0.528. The SMILES string of the molecule is CC(C)n1ncnc1CC1(O)CCCC1. The lowest BCUT2D eigenvalue weighted by molar-refractivity contribution is 0.0448. The molecule has 0 unspecified atom stereocenters. The van der Waals surface area contributed by atoms with Gasteiger partial charge in [0.2, 0.25) is 0 Å². The second-order valence-electron chi connectivity index (χ2n) is 4.82. The van der Waals surface area contributed by atoms with E-state index in [4.69, 9.17) is 0 Å². The lowest BCUT2D eigenvalue weighted by Crippen LogP contribution is -2.29. The molecule has 0 amide bonds. The van der Waals surface area contributed by atoms with Gasteiger partial charge in [-0.2, -0.15) is 5.10 Å². The van der Waals surface area contributed by atoms with Crippen LogP contribution < -0.4 is 0 Å². The van der Waals surface area contributed by atoms with E-state index in [1.807, 2.05) is 4.68 Å². The van der Waals surface area contributed by atoms with Crippen molar-refractivity contribution >= 4 is 0 Å². The van der Waals surface area contributed by atoms with Gasteiger partial charge in [0.05, 0.1) is 5.60 Å². The third kappa shape index (κ3) is 2.20. The number of nitrogens with zero attached hydrogens (tertiary/aromatic N) is 3. The Morgan fingerprint density at radius 1 is 1.47 bits per heavy atom. The lowest BCUT2D eigenvalue weighted by atomic mass is 9.97. The third-order valence-electron chi connectivity index (χ3n) is 3.16. The van der Waals surface area contributed by atoms with Gasteiger partial charge >= 0.3 is 0 Å². The molecule has 0 aromatic carbocycles. The second kappa shape index (κ2) is 3.93. The predicted octanol–water partition coefficient (Wildman–Crippen LogP) is 1.71. The first-order valence-electron chi connectivity index (χ1n) is 5.71. The topological polar surface area (TPSA) is 50.9 Å². The third-order valence-corrected chi connectivity index (χ3v) is 3.16. The molecule has 0 atom stereocenters. The van der Waals surface area contributed by atoms with Crippen molar-refractivity contribution in [1.29, 1.82) is 0 Å². The first kappa shape index (κ1) is 10.6. The highest BCUT2D eigenvalue weighted by molar-refractivity contribution is 4.97. The maximum atomic E-state index is 10.3. The molecule has 0 radical (unpaired) electrons. The van der Waals surface area contributed by atoms with Gasteiger partial charge in [-0.1, -0.05) is 12.8 Å². The number of rotatable bonds is 3. The summed E-state index contributed by atoms with van der Waals surface area (Å²) < 4.78 is 1.90. The molecular weight excluding hydrogens is 190 g/mol. The Morgan fingerprint density at radius 2 is 2.13 bits per heavy atom. The molecule has 0 bridgehead atoms. The van der Waals surface area contributed by atoms with E-state index in [9.17, 15) is 5.11 Å². The van der Waals surface area contributed by atoms with Crippen LogP contribution in [0.5, 0.6) is 0 Å². The van der Waals surface area contributed by atoms with Gasteiger partial charge in [0.1, 0.15) is 12.2 Å². The highest BCUT2D eigenvalue weighted by Gasteiger charge is 2.33. The average molecular weight is 209 g/mol. The van der Waals surface area contributed by atoms with E-state index in [1.165, 1.54) is 0 Å². The normalized spacial score (nSPS) is 20.0. The smallest absolute Gasteiger partial charge is 0.138 e. The Balaban J connectivity index is 2.13. The van der Waals surface area contributed by atoms with Gasteiger partial charge in [-0.3, -0.25) is 0 Å². The van der Waals surface area contributed by atoms with E-state index in [0.717, 1.165) is 31.5 Å². The van der Waals surface area contributed by atoms with Gasteiger partial charge in [-0.15, -0.1) is 0 Å². The maximum Gasteiger partial charge on any atom is 0.138 e. The fourth-order valence-electron chi connectivity index (χ4n) is 2.34. The molecular formula is C11H19N3O. The van der Waals surface area contributed by atoms with Crippen LogP contribution in [0.25, 0.3) is 0 Å². The van der Waals surface area contributed by atoms with E-state index in [1.54, 1.807) is 6.33 Å². The van der Waals surface area contributed by atoms with Crippen LogP contribution in [0.1, 0.15) is 51.4 Å². The fourth-order valence-corrected chi connectivity index (χ4v) is 2.34. The Bertz CT molecular complexity index is 326. The van der Waals surface area contributed by atoms with Gasteiger partial charge < -0.3 is 5.11 Å². The molecule has 1 aromatic rings. The van der Waals surface area contributed by atoms with E-state index in [2.05, 4.69) is 23.9 Å². The largest absolute Gasteiger partial charge is 0.389 e. The van der Waals surface area contributed by atoms with Crippen LogP contribution in [0.3, 0.4) is 0 Å². The zero-order valence-corrected chi connectivity index (χ0v) is 9.48. The molecule has 0 spiro atoms. The molecule has 1 aliphatic rings. The first-order chi connectivity index (χ1) is 7.11. The minimum absolute atomic E-state index is 0.313. The van der Waals surface area contributed by atoms with E-state index < -0.39 is 5.60 Å². The highest BCUT2D eigenvalue weighted by Crippen LogP contribution is 2.32. The molecule has 84 valence electrons. The molecule has 2 rings (SSSR count). The van der Waals surface area contributed by atoms with Gasteiger partial charge in [-0.05, 0) is 26.7 Å². The van der Waals surface area contributed by atoms with Gasteiger partial charge in [0, 0.05) is 12.5 Å². The summed E-state index contributed by atoms with van der Waals surface area (Å²) in [4.78, 5) is 4.24. The van der Waals surface area contributed by atoms with Crippen molar-refractivity contribution in [3.05, 3.63) is 12.2 Å². The van der Waals surface area contributed by atoms with Crippen molar-refractivity contribution in [3.63, 3.8) is 0 Å². The van der Waals surface area contributed by atoms with Crippen LogP contribution in [-0.2, 0) is 6.42 Å². The predicted molar refractivity (Wildman–Crippen MR) is 57.5 cm³/mol. The summed E-state index contributed by atoms with van der Waals surface area (Å²) in [5, 5.41) is 14.5. The first-order valence-corrected chi connectivity index (χ1v) is 5.71. The standard InChI is InChI=1S/C11H19N3O/c1-9(2)14-10(12-8-13-14)7-11(15)5-3-4-6-11/h8-9,15H,3-7H2,1-2H3. The number of hydrogen-bond acceptors (Lipinski definition) is 3. The minimum Gasteiger partial charge on any atom is -0.389 e. The molecule has 15 heavy (non-hydrogen) atoms. The van der Waals surface area contributed by atoms with Crippen molar-refractivity contribution in [3.8, 4) is 0 Å². The summed E-state index contributed by atoms with van der Waals surface area (Å²) in [5.74, 6) is 0.911. The zero-order valence-electron chi connectivity index (χ0n) is 9.48. The van der Waals surface area contributed by atoms with Crippen molar-refractivity contribution in [2.45, 2.75) is 57.6 Å². The van der Waals surface area contributed by atoms with Crippen LogP contribution in [0.4, 0.5) is 0 Å². The summed E-state index contributed by atoms with van der Waals surface area (Å²) in [5.41, 5.74) is -0.528. The summed E-state index contributed by atoms with van der Waals surface area (Å²) in [6.45, 7) is 4.16. The average Bonchev–Trinajstić information content (AvgIpc) is 2.75.